The van der Waals surface area contributed by atoms with Crippen molar-refractivity contribution in [3.8, 4) is 11.5 Å². The second kappa shape index (κ2) is 13.6. The van der Waals surface area contributed by atoms with Crippen LogP contribution >= 0.6 is 0 Å². The Morgan fingerprint density at radius 1 is 1.02 bits per heavy atom. The number of fused-ring (bicyclic) bond motifs is 3. The number of ether oxygens (including phenoxy) is 2. The van der Waals surface area contributed by atoms with Gasteiger partial charge in [-0.15, -0.1) is 0 Å². The third-order valence-corrected chi connectivity index (χ3v) is 10.7. The minimum Gasteiger partial charge on any atom is -0.492 e. The number of amides is 4. The number of piperidine rings is 2. The smallest absolute Gasteiger partial charge is 0.261 e. The van der Waals surface area contributed by atoms with Crippen LogP contribution in [-0.2, 0) is 16.1 Å². The van der Waals surface area contributed by atoms with Crippen molar-refractivity contribution >= 4 is 45.9 Å². The van der Waals surface area contributed by atoms with Gasteiger partial charge in [-0.3, -0.25) is 34.1 Å². The van der Waals surface area contributed by atoms with E-state index in [9.17, 15) is 19.2 Å². The maximum atomic E-state index is 13.4. The largest absolute Gasteiger partial charge is 0.492 e. The Balaban J connectivity index is 0.808. The van der Waals surface area contributed by atoms with Gasteiger partial charge in [0.25, 0.3) is 11.8 Å². The van der Waals surface area contributed by atoms with E-state index in [0.29, 0.717) is 66.1 Å². The van der Waals surface area contributed by atoms with Gasteiger partial charge in [0.1, 0.15) is 29.7 Å². The number of rotatable bonds is 11. The van der Waals surface area contributed by atoms with Gasteiger partial charge in [0.05, 0.1) is 30.0 Å². The lowest BCUT2D eigenvalue weighted by atomic mass is 10.0. The number of nitrogens with zero attached hydrogens (tertiary/aromatic N) is 7. The topological polar surface area (TPSA) is 165 Å². The molecule has 0 radical (unpaired) electrons. The van der Waals surface area contributed by atoms with Gasteiger partial charge in [-0.25, -0.2) is 9.50 Å². The lowest BCUT2D eigenvalue weighted by Crippen LogP contribution is -2.52. The highest BCUT2D eigenvalue weighted by Gasteiger charge is 2.39. The Bertz CT molecular complexity index is 2250. The first-order chi connectivity index (χ1) is 25.9. The molecule has 15 heteroatoms. The van der Waals surface area contributed by atoms with Crippen LogP contribution in [0.2, 0.25) is 0 Å². The molecule has 0 spiro atoms. The van der Waals surface area contributed by atoms with Gasteiger partial charge in [-0.05, 0) is 73.9 Å². The molecule has 2 N–H and O–H groups in total. The number of imide groups is 1. The molecule has 1 unspecified atom stereocenters. The van der Waals surface area contributed by atoms with Gasteiger partial charge in [0.2, 0.25) is 11.8 Å². The van der Waals surface area contributed by atoms with Crippen LogP contribution < -0.4 is 20.1 Å². The molecule has 1 aliphatic carbocycles. The molecule has 0 bridgehead atoms. The van der Waals surface area contributed by atoms with Gasteiger partial charge >= 0.3 is 0 Å². The van der Waals surface area contributed by atoms with Gasteiger partial charge in [0, 0.05) is 68.2 Å². The summed E-state index contributed by atoms with van der Waals surface area (Å²) < 4.78 is 15.9. The molecule has 6 heterocycles. The molecule has 9 rings (SSSR count). The summed E-state index contributed by atoms with van der Waals surface area (Å²) in [4.78, 5) is 58.6. The van der Waals surface area contributed by atoms with Crippen molar-refractivity contribution in [2.75, 3.05) is 38.2 Å². The molecule has 272 valence electrons. The van der Waals surface area contributed by atoms with Crippen molar-refractivity contribution in [3.05, 3.63) is 77.9 Å². The van der Waals surface area contributed by atoms with Crippen LogP contribution in [0.4, 0.5) is 5.69 Å². The summed E-state index contributed by atoms with van der Waals surface area (Å²) >= 11 is 0. The zero-order valence-corrected chi connectivity index (χ0v) is 29.1. The number of hydrogen-bond acceptors (Lipinski definition) is 10. The fourth-order valence-corrected chi connectivity index (χ4v) is 7.49. The average Bonchev–Trinajstić information content (AvgIpc) is 3.59. The number of hydrogen-bond donors (Lipinski definition) is 2. The first-order valence-corrected chi connectivity index (χ1v) is 18.2. The van der Waals surface area contributed by atoms with Crippen LogP contribution in [-0.4, -0.2) is 96.7 Å². The number of anilines is 1. The van der Waals surface area contributed by atoms with Gasteiger partial charge in [-0.2, -0.15) is 10.2 Å². The number of likely N-dealkylation sites (tertiary alicyclic amines) is 1. The van der Waals surface area contributed by atoms with Crippen LogP contribution in [0.25, 0.3) is 16.6 Å². The van der Waals surface area contributed by atoms with Crippen LogP contribution in [0.1, 0.15) is 70.8 Å². The Labute approximate surface area is 304 Å². The predicted molar refractivity (Wildman–Crippen MR) is 192 cm³/mol. The van der Waals surface area contributed by atoms with E-state index in [0.717, 1.165) is 61.8 Å². The van der Waals surface area contributed by atoms with E-state index in [4.69, 9.17) is 14.6 Å². The maximum Gasteiger partial charge on any atom is 0.261 e. The Morgan fingerprint density at radius 2 is 1.89 bits per heavy atom. The molecular formula is C38H39N9O6. The standard InChI is InChI=1S/C38H39N9O6/c48-34-7-6-32(37(50)42-34)45-20-24-16-27(4-5-28(24)38(45)51)52-15-14-44-12-8-26(9-13-44)47-21-25-17-31(33(18-30(25)43-47)53-22-23-2-3-23)41-36(49)29-19-40-46-11-1-10-39-35(29)46/h1,4-5,10-11,16-19,21,23,26,32H,2-3,6-9,12-15,20,22H2,(H,41,49)(H,42,48,50). The van der Waals surface area contributed by atoms with Crippen molar-refractivity contribution in [2.45, 2.75) is 57.2 Å². The zero-order valence-electron chi connectivity index (χ0n) is 29.1. The summed E-state index contributed by atoms with van der Waals surface area (Å²) in [5, 5.41) is 15.5. The van der Waals surface area contributed by atoms with Gasteiger partial charge in [0.15, 0.2) is 5.65 Å². The van der Waals surface area contributed by atoms with Crippen LogP contribution in [0.3, 0.4) is 0 Å². The summed E-state index contributed by atoms with van der Waals surface area (Å²) in [5.74, 6) is 0.616. The second-order valence-corrected chi connectivity index (χ2v) is 14.3. The normalized spacial score (nSPS) is 19.5. The summed E-state index contributed by atoms with van der Waals surface area (Å²) in [6.07, 6.45) is 11.7. The highest BCUT2D eigenvalue weighted by Crippen LogP contribution is 2.36. The molecular weight excluding hydrogens is 678 g/mol. The van der Waals surface area contributed by atoms with Crippen molar-refractivity contribution in [1.29, 1.82) is 0 Å². The lowest BCUT2D eigenvalue weighted by Gasteiger charge is -2.31. The quantitative estimate of drug-likeness (QED) is 0.193. The predicted octanol–water partition coefficient (Wildman–Crippen LogP) is 3.60. The molecule has 3 fully saturated rings. The summed E-state index contributed by atoms with van der Waals surface area (Å²) in [6.45, 7) is 3.98. The van der Waals surface area contributed by atoms with Crippen LogP contribution in [0, 0.1) is 5.92 Å². The fourth-order valence-electron chi connectivity index (χ4n) is 7.49. The molecule has 3 aromatic heterocycles. The highest BCUT2D eigenvalue weighted by molar-refractivity contribution is 6.09. The van der Waals surface area contributed by atoms with Crippen molar-refractivity contribution in [1.82, 2.24) is 39.5 Å². The minimum atomic E-state index is -0.638. The number of carbonyl (C=O) groups is 4. The molecule has 2 saturated heterocycles. The van der Waals surface area contributed by atoms with Crippen molar-refractivity contribution < 1.29 is 28.7 Å². The third-order valence-electron chi connectivity index (χ3n) is 10.7. The van der Waals surface area contributed by atoms with E-state index in [1.807, 2.05) is 22.9 Å². The molecule has 1 saturated carbocycles. The molecule has 4 aliphatic rings. The number of benzene rings is 2. The Kier molecular flexibility index (Phi) is 8.49. The number of aromatic nitrogens is 5. The van der Waals surface area contributed by atoms with E-state index >= 15 is 0 Å². The van der Waals surface area contributed by atoms with Crippen molar-refractivity contribution in [3.63, 3.8) is 0 Å². The number of nitrogens with one attached hydrogen (secondary N) is 2. The zero-order chi connectivity index (χ0) is 36.1. The SMILES string of the molecule is O=C1CCC(N2Cc3cc(OCCN4CCC(n5cc6cc(NC(=O)c7cnn8cccnc78)c(OCC7CC7)cc6n5)CC4)ccc3C2=O)C(=O)N1. The fraction of sp³-hybridized carbons (Fsp3) is 0.395. The van der Waals surface area contributed by atoms with E-state index in [1.54, 1.807) is 40.0 Å². The Hall–Kier alpha value is -5.83. The van der Waals surface area contributed by atoms with Crippen molar-refractivity contribution in [2.24, 2.45) is 5.92 Å². The van der Waals surface area contributed by atoms with Crippen LogP contribution in [0.5, 0.6) is 11.5 Å². The van der Waals surface area contributed by atoms with E-state index in [-0.39, 0.29) is 30.2 Å². The summed E-state index contributed by atoms with van der Waals surface area (Å²) in [7, 11) is 0. The molecule has 53 heavy (non-hydrogen) atoms. The second-order valence-electron chi connectivity index (χ2n) is 14.3. The van der Waals surface area contributed by atoms with E-state index in [2.05, 4.69) is 31.8 Å². The summed E-state index contributed by atoms with van der Waals surface area (Å²) in [6, 6.07) is 10.7. The van der Waals surface area contributed by atoms with E-state index in [1.165, 1.54) is 6.20 Å². The monoisotopic (exact) mass is 717 g/mol. The van der Waals surface area contributed by atoms with Crippen LogP contribution in [0.15, 0.2) is 61.2 Å². The first kappa shape index (κ1) is 33.0. The molecule has 1 atom stereocenters. The minimum absolute atomic E-state index is 0.194. The maximum absolute atomic E-state index is 13.4. The average molecular weight is 718 g/mol. The van der Waals surface area contributed by atoms with Gasteiger partial charge < -0.3 is 19.7 Å². The summed E-state index contributed by atoms with van der Waals surface area (Å²) in [5.41, 5.74) is 3.67. The Morgan fingerprint density at radius 3 is 2.72 bits per heavy atom. The lowest BCUT2D eigenvalue weighted by molar-refractivity contribution is -0.136. The highest BCUT2D eigenvalue weighted by atomic mass is 16.5. The first-order valence-electron chi connectivity index (χ1n) is 18.2. The number of carbonyl (C=O) groups excluding carboxylic acids is 4. The molecule has 4 amide bonds. The molecule has 15 nitrogen and oxygen atoms in total. The van der Waals surface area contributed by atoms with E-state index < -0.39 is 11.9 Å². The molecule has 3 aliphatic heterocycles. The molecule has 2 aromatic carbocycles. The third kappa shape index (κ3) is 6.67. The van der Waals surface area contributed by atoms with Gasteiger partial charge in [-0.1, -0.05) is 0 Å². The molecule has 5 aromatic rings.